The molecule has 0 saturated heterocycles. The van der Waals surface area contributed by atoms with E-state index < -0.39 is 8.80 Å². The topological polar surface area (TPSA) is 0 Å². The van der Waals surface area contributed by atoms with E-state index in [4.69, 9.17) is 0 Å². The van der Waals surface area contributed by atoms with Gasteiger partial charge in [-0.25, -0.2) is 4.39 Å². The molecule has 0 radical (unpaired) electrons. The highest BCUT2D eigenvalue weighted by molar-refractivity contribution is 6.70. The van der Waals surface area contributed by atoms with Gasteiger partial charge in [0.15, 0.2) is 0 Å². The number of hydrogen-bond acceptors (Lipinski definition) is 0. The van der Waals surface area contributed by atoms with Crippen LogP contribution in [0.4, 0.5) is 4.39 Å². The van der Waals surface area contributed by atoms with Gasteiger partial charge in [0.1, 0.15) is 11.0 Å². The molecule has 0 aliphatic rings. The predicted octanol–water partition coefficient (Wildman–Crippen LogP) is 1.79. The molecular formula is C8H10FSi+. The Labute approximate surface area is 62.3 Å². The van der Waals surface area contributed by atoms with Gasteiger partial charge in [-0.2, -0.15) is 0 Å². The predicted molar refractivity (Wildman–Crippen MR) is 43.5 cm³/mol. The van der Waals surface area contributed by atoms with Gasteiger partial charge in [0, 0.05) is 6.07 Å². The SMILES string of the molecule is C[Si+](C)c1cccc(F)c1. The van der Waals surface area contributed by atoms with Gasteiger partial charge in [0.05, 0.1) is 13.1 Å². The Morgan fingerprint density at radius 2 is 2.00 bits per heavy atom. The molecule has 0 aliphatic carbocycles. The average Bonchev–Trinajstić information content (AvgIpc) is 1.88. The van der Waals surface area contributed by atoms with E-state index in [1.807, 2.05) is 6.07 Å². The van der Waals surface area contributed by atoms with Gasteiger partial charge in [-0.05, 0) is 12.1 Å². The Balaban J connectivity index is 2.96. The smallest absolute Gasteiger partial charge is 0.207 e. The third-order valence-corrected chi connectivity index (χ3v) is 2.87. The summed E-state index contributed by atoms with van der Waals surface area (Å²) in [5, 5.41) is 1.16. The first-order chi connectivity index (χ1) is 4.70. The van der Waals surface area contributed by atoms with E-state index in [0.717, 1.165) is 5.19 Å². The molecule has 0 unspecified atom stereocenters. The summed E-state index contributed by atoms with van der Waals surface area (Å²) in [6.07, 6.45) is 0. The van der Waals surface area contributed by atoms with Crippen LogP contribution in [0.3, 0.4) is 0 Å². The molecule has 0 aliphatic heterocycles. The highest BCUT2D eigenvalue weighted by Gasteiger charge is 2.14. The van der Waals surface area contributed by atoms with Crippen LogP contribution in [0.2, 0.25) is 13.1 Å². The third-order valence-electron chi connectivity index (χ3n) is 1.40. The molecule has 0 saturated carbocycles. The molecule has 2 heteroatoms. The van der Waals surface area contributed by atoms with Crippen LogP contribution in [0, 0.1) is 5.82 Å². The molecule has 1 aromatic carbocycles. The molecule has 0 nitrogen and oxygen atoms in total. The maximum Gasteiger partial charge on any atom is 0.345 e. The van der Waals surface area contributed by atoms with Crippen molar-refractivity contribution < 1.29 is 4.39 Å². The Morgan fingerprint density at radius 3 is 2.40 bits per heavy atom. The first-order valence-electron chi connectivity index (χ1n) is 3.26. The lowest BCUT2D eigenvalue weighted by Gasteiger charge is -1.89. The Bertz CT molecular complexity index is 220. The van der Waals surface area contributed by atoms with Gasteiger partial charge in [0.2, 0.25) is 0 Å². The minimum atomic E-state index is -0.474. The zero-order valence-corrected chi connectivity index (χ0v) is 7.19. The molecule has 0 heterocycles. The lowest BCUT2D eigenvalue weighted by Crippen LogP contribution is -2.22. The fourth-order valence-electron chi connectivity index (χ4n) is 0.799. The van der Waals surface area contributed by atoms with Crippen molar-refractivity contribution in [1.82, 2.24) is 0 Å². The number of hydrogen-bond donors (Lipinski definition) is 0. The molecule has 0 bridgehead atoms. The summed E-state index contributed by atoms with van der Waals surface area (Å²) in [5.41, 5.74) is 0. The van der Waals surface area contributed by atoms with E-state index in [0.29, 0.717) is 0 Å². The van der Waals surface area contributed by atoms with Crippen molar-refractivity contribution in [1.29, 1.82) is 0 Å². The average molecular weight is 153 g/mol. The highest BCUT2D eigenvalue weighted by atomic mass is 28.3. The van der Waals surface area contributed by atoms with Crippen molar-refractivity contribution in [3.8, 4) is 0 Å². The summed E-state index contributed by atoms with van der Waals surface area (Å²) >= 11 is 0. The number of benzene rings is 1. The molecule has 0 N–H and O–H groups in total. The highest BCUT2D eigenvalue weighted by Crippen LogP contribution is 1.94. The maximum atomic E-state index is 12.5. The van der Waals surface area contributed by atoms with Crippen LogP contribution in [-0.4, -0.2) is 8.80 Å². The van der Waals surface area contributed by atoms with Gasteiger partial charge in [-0.3, -0.25) is 0 Å². The van der Waals surface area contributed by atoms with Crippen molar-refractivity contribution in [2.75, 3.05) is 0 Å². The second-order valence-corrected chi connectivity index (χ2v) is 5.09. The van der Waals surface area contributed by atoms with E-state index in [1.54, 1.807) is 12.1 Å². The van der Waals surface area contributed by atoms with Crippen LogP contribution in [0.5, 0.6) is 0 Å². The minimum Gasteiger partial charge on any atom is -0.207 e. The van der Waals surface area contributed by atoms with Gasteiger partial charge < -0.3 is 0 Å². The minimum absolute atomic E-state index is 0.122. The molecule has 0 fully saturated rings. The normalized spacial score (nSPS) is 9.50. The van der Waals surface area contributed by atoms with Crippen molar-refractivity contribution in [3.63, 3.8) is 0 Å². The monoisotopic (exact) mass is 153 g/mol. The van der Waals surface area contributed by atoms with Crippen molar-refractivity contribution in [2.45, 2.75) is 13.1 Å². The van der Waals surface area contributed by atoms with Gasteiger partial charge in [-0.1, -0.05) is 6.07 Å². The summed E-state index contributed by atoms with van der Waals surface area (Å²) in [7, 11) is -0.474. The second-order valence-electron chi connectivity index (χ2n) is 2.51. The van der Waals surface area contributed by atoms with Gasteiger partial charge in [0.25, 0.3) is 0 Å². The van der Waals surface area contributed by atoms with Crippen LogP contribution < -0.4 is 5.19 Å². The van der Waals surface area contributed by atoms with E-state index >= 15 is 0 Å². The van der Waals surface area contributed by atoms with Gasteiger partial charge in [-0.15, -0.1) is 0 Å². The lowest BCUT2D eigenvalue weighted by atomic mass is 10.3. The molecule has 10 heavy (non-hydrogen) atoms. The van der Waals surface area contributed by atoms with Crippen molar-refractivity contribution in [3.05, 3.63) is 30.1 Å². The maximum absolute atomic E-state index is 12.5. The van der Waals surface area contributed by atoms with E-state index in [9.17, 15) is 4.39 Å². The quantitative estimate of drug-likeness (QED) is 0.540. The van der Waals surface area contributed by atoms with Crippen LogP contribution in [0.15, 0.2) is 24.3 Å². The number of rotatable bonds is 1. The molecule has 0 atom stereocenters. The summed E-state index contributed by atoms with van der Waals surface area (Å²) in [5.74, 6) is -0.122. The number of halogens is 1. The molecule has 0 spiro atoms. The first-order valence-corrected chi connectivity index (χ1v) is 5.76. The zero-order valence-electron chi connectivity index (χ0n) is 6.19. The van der Waals surface area contributed by atoms with Crippen LogP contribution in [0.25, 0.3) is 0 Å². The van der Waals surface area contributed by atoms with Crippen molar-refractivity contribution >= 4 is 14.0 Å². The fourth-order valence-corrected chi connectivity index (χ4v) is 1.66. The van der Waals surface area contributed by atoms with Crippen LogP contribution in [0.1, 0.15) is 0 Å². The molecule has 0 aromatic heterocycles. The summed E-state index contributed by atoms with van der Waals surface area (Å²) in [6, 6.07) is 6.85. The second kappa shape index (κ2) is 2.97. The fraction of sp³-hybridized carbons (Fsp3) is 0.250. The molecule has 1 aromatic rings. The Morgan fingerprint density at radius 1 is 1.30 bits per heavy atom. The largest absolute Gasteiger partial charge is 0.345 e. The molecule has 52 valence electrons. The third kappa shape index (κ3) is 1.67. The van der Waals surface area contributed by atoms with Crippen LogP contribution >= 0.6 is 0 Å². The first kappa shape index (κ1) is 7.47. The Kier molecular flexibility index (Phi) is 2.22. The summed E-state index contributed by atoms with van der Waals surface area (Å²) in [4.78, 5) is 0. The van der Waals surface area contributed by atoms with E-state index in [2.05, 4.69) is 13.1 Å². The molecular weight excluding hydrogens is 143 g/mol. The lowest BCUT2D eigenvalue weighted by molar-refractivity contribution is 0.629. The van der Waals surface area contributed by atoms with Crippen molar-refractivity contribution in [2.24, 2.45) is 0 Å². The Hall–Kier alpha value is -0.633. The van der Waals surface area contributed by atoms with Gasteiger partial charge >= 0.3 is 8.80 Å². The summed E-state index contributed by atoms with van der Waals surface area (Å²) in [6.45, 7) is 4.30. The summed E-state index contributed by atoms with van der Waals surface area (Å²) < 4.78 is 12.5. The molecule has 1 rings (SSSR count). The van der Waals surface area contributed by atoms with E-state index in [-0.39, 0.29) is 5.82 Å². The standard InChI is InChI=1S/C8H10FSi/c1-10(2)8-5-3-4-7(9)6-8/h3-6H,1-2H3/q+1. The van der Waals surface area contributed by atoms with E-state index in [1.165, 1.54) is 6.07 Å². The van der Waals surface area contributed by atoms with Crippen LogP contribution in [-0.2, 0) is 0 Å². The zero-order chi connectivity index (χ0) is 7.56. The molecule has 0 amide bonds.